The van der Waals surface area contributed by atoms with Crippen LogP contribution in [-0.2, 0) is 17.7 Å². The van der Waals surface area contributed by atoms with Crippen molar-refractivity contribution in [2.24, 2.45) is 0 Å². The van der Waals surface area contributed by atoms with E-state index in [0.717, 1.165) is 10.5 Å². The fourth-order valence-corrected chi connectivity index (χ4v) is 2.72. The lowest BCUT2D eigenvalue weighted by Gasteiger charge is -2.24. The predicted octanol–water partition coefficient (Wildman–Crippen LogP) is 0.673. The Morgan fingerprint density at radius 3 is 1.47 bits per heavy atom. The lowest BCUT2D eigenvalue weighted by Crippen LogP contribution is -2.44. The topological polar surface area (TPSA) is 36.9 Å². The first-order valence-electron chi connectivity index (χ1n) is 5.11. The molecule has 0 N–H and O–H groups in total. The van der Waals surface area contributed by atoms with Crippen LogP contribution in [0.4, 0.5) is 0 Å². The van der Waals surface area contributed by atoms with Crippen molar-refractivity contribution in [3.63, 3.8) is 0 Å². The van der Waals surface area contributed by atoms with Gasteiger partial charge in [-0.05, 0) is 26.5 Å². The maximum atomic E-state index is 5.44. The smallest absolute Gasteiger partial charge is 0.431 e. The summed E-state index contributed by atoms with van der Waals surface area (Å²) in [5, 5.41) is 0. The van der Waals surface area contributed by atoms with Crippen molar-refractivity contribution >= 4 is 19.3 Å². The van der Waals surface area contributed by atoms with E-state index < -0.39 is 8.80 Å². The zero-order valence-corrected chi connectivity index (χ0v) is 13.5. The van der Waals surface area contributed by atoms with E-state index in [4.69, 9.17) is 13.3 Å². The van der Waals surface area contributed by atoms with Gasteiger partial charge in [0, 0.05) is 26.9 Å². The second-order valence-corrected chi connectivity index (χ2v) is 5.81. The molecule has 0 aromatic rings. The maximum Gasteiger partial charge on any atom is 0.528 e. The summed E-state index contributed by atoms with van der Waals surface area (Å²) >= 11 is 0. The van der Waals surface area contributed by atoms with Crippen LogP contribution in [0.2, 0.25) is 0 Å². The zero-order chi connectivity index (χ0) is 12.2. The molecule has 0 aromatic carbocycles. The molecule has 0 aliphatic rings. The summed E-state index contributed by atoms with van der Waals surface area (Å²) in [7, 11) is 0.0500. The molecule has 0 amide bonds. The third-order valence-corrected chi connectivity index (χ3v) is 3.86. The first-order valence-corrected chi connectivity index (χ1v) is 7.73. The van der Waals surface area contributed by atoms with Crippen LogP contribution >= 0.6 is 0 Å². The summed E-state index contributed by atoms with van der Waals surface area (Å²) in [5.41, 5.74) is 1.67. The molecule has 0 atom stereocenters. The summed E-state index contributed by atoms with van der Waals surface area (Å²) in [4.78, 5) is 0. The number of hydrogen-bond acceptors (Lipinski definition) is 4. The van der Waals surface area contributed by atoms with Gasteiger partial charge in [0.2, 0.25) is 0 Å². The van der Waals surface area contributed by atoms with Gasteiger partial charge >= 0.3 is 8.80 Å². The molecular formula is C9H24O4Si2. The van der Waals surface area contributed by atoms with Gasteiger partial charge in [-0.2, -0.15) is 0 Å². The van der Waals surface area contributed by atoms with Crippen molar-refractivity contribution in [3.05, 3.63) is 12.3 Å². The van der Waals surface area contributed by atoms with Gasteiger partial charge in [0.15, 0.2) is 0 Å². The third kappa shape index (κ3) is 8.97. The van der Waals surface area contributed by atoms with E-state index in [9.17, 15) is 0 Å². The van der Waals surface area contributed by atoms with Gasteiger partial charge in [0.1, 0.15) is 10.5 Å². The molecule has 0 fully saturated rings. The summed E-state index contributed by atoms with van der Waals surface area (Å²) < 4.78 is 20.7. The molecule has 0 unspecified atom stereocenters. The van der Waals surface area contributed by atoms with E-state index in [1.54, 1.807) is 12.8 Å². The maximum absolute atomic E-state index is 5.44. The molecule has 0 aliphatic carbocycles. The van der Waals surface area contributed by atoms with Crippen LogP contribution in [-0.4, -0.2) is 46.2 Å². The molecule has 15 heavy (non-hydrogen) atoms. The monoisotopic (exact) mass is 252 g/mol. The third-order valence-electron chi connectivity index (χ3n) is 1.29. The average molecular weight is 252 g/mol. The van der Waals surface area contributed by atoms with Gasteiger partial charge in [-0.1, -0.05) is 6.58 Å². The predicted molar refractivity (Wildman–Crippen MR) is 67.8 cm³/mol. The fraction of sp³-hybridized carbons (Fsp3) is 0.778. The molecule has 0 bridgehead atoms. The standard InChI is InChI=1S/C8H18O3Si.CH6OSi/c1-5-9-12(8-4,10-6-2)11-7-3;1-2-3/h8H,4-7H2,1-3H3;1,3H3. The molecule has 92 valence electrons. The Kier molecular flexibility index (Phi) is 14.0. The highest BCUT2D eigenvalue weighted by atomic mass is 28.4. The molecule has 0 spiro atoms. The number of rotatable bonds is 7. The summed E-state index contributed by atoms with van der Waals surface area (Å²) in [6.07, 6.45) is 0. The molecule has 0 rings (SSSR count). The van der Waals surface area contributed by atoms with Gasteiger partial charge in [-0.25, -0.2) is 0 Å². The SMILES string of the molecule is C=C[Si](OCC)(OCC)OCC.CO[SiH3]. The molecular weight excluding hydrogens is 228 g/mol. The normalized spacial score (nSPS) is 10.7. The average Bonchev–Trinajstić information content (AvgIpc) is 2.20. The summed E-state index contributed by atoms with van der Waals surface area (Å²) in [5.74, 6) is 0. The minimum Gasteiger partial charge on any atom is -0.431 e. The van der Waals surface area contributed by atoms with E-state index in [1.165, 1.54) is 0 Å². The van der Waals surface area contributed by atoms with Gasteiger partial charge in [-0.3, -0.25) is 0 Å². The van der Waals surface area contributed by atoms with Gasteiger partial charge in [-0.15, -0.1) is 0 Å². The van der Waals surface area contributed by atoms with Crippen molar-refractivity contribution in [2.45, 2.75) is 20.8 Å². The lowest BCUT2D eigenvalue weighted by atomic mass is 10.9. The van der Waals surface area contributed by atoms with Gasteiger partial charge in [0.05, 0.1) is 0 Å². The van der Waals surface area contributed by atoms with Crippen LogP contribution in [0.15, 0.2) is 12.3 Å². The Bertz CT molecular complexity index is 127. The van der Waals surface area contributed by atoms with Crippen LogP contribution in [0, 0.1) is 0 Å². The Balaban J connectivity index is 0. The van der Waals surface area contributed by atoms with Crippen molar-refractivity contribution in [3.8, 4) is 0 Å². The Labute approximate surface area is 97.5 Å². The minimum absolute atomic E-state index is 0.595. The first-order chi connectivity index (χ1) is 7.16. The van der Waals surface area contributed by atoms with E-state index in [1.807, 2.05) is 20.8 Å². The molecule has 4 nitrogen and oxygen atoms in total. The molecule has 0 radical (unpaired) electrons. The van der Waals surface area contributed by atoms with Crippen LogP contribution in [0.5, 0.6) is 0 Å². The highest BCUT2D eigenvalue weighted by molar-refractivity contribution is 6.66. The molecule has 0 heterocycles. The Morgan fingerprint density at radius 1 is 1.07 bits per heavy atom. The fourth-order valence-electron chi connectivity index (χ4n) is 0.905. The van der Waals surface area contributed by atoms with Gasteiger partial charge < -0.3 is 17.7 Å². The first kappa shape index (κ1) is 17.4. The summed E-state index contributed by atoms with van der Waals surface area (Å²) in [6.45, 7) is 11.2. The highest BCUT2D eigenvalue weighted by Crippen LogP contribution is 2.10. The second kappa shape index (κ2) is 12.1. The van der Waals surface area contributed by atoms with Crippen LogP contribution in [0.1, 0.15) is 20.8 Å². The Morgan fingerprint density at radius 2 is 1.33 bits per heavy atom. The van der Waals surface area contributed by atoms with Crippen LogP contribution < -0.4 is 0 Å². The molecule has 0 saturated heterocycles. The van der Waals surface area contributed by atoms with Crippen molar-refractivity contribution in [1.29, 1.82) is 0 Å². The molecule has 0 aromatic heterocycles. The van der Waals surface area contributed by atoms with Crippen molar-refractivity contribution in [1.82, 2.24) is 0 Å². The van der Waals surface area contributed by atoms with E-state index >= 15 is 0 Å². The largest absolute Gasteiger partial charge is 0.528 e. The van der Waals surface area contributed by atoms with Crippen LogP contribution in [0.25, 0.3) is 0 Å². The Hall–Kier alpha value is 0.0138. The summed E-state index contributed by atoms with van der Waals surface area (Å²) in [6, 6.07) is 0. The lowest BCUT2D eigenvalue weighted by molar-refractivity contribution is 0.0844. The molecule has 6 heteroatoms. The van der Waals surface area contributed by atoms with Crippen molar-refractivity contribution in [2.75, 3.05) is 26.9 Å². The van der Waals surface area contributed by atoms with E-state index in [-0.39, 0.29) is 0 Å². The highest BCUT2D eigenvalue weighted by Gasteiger charge is 2.36. The molecule has 0 aliphatic heterocycles. The molecule has 0 saturated carbocycles. The number of hydrogen-bond donors (Lipinski definition) is 0. The zero-order valence-electron chi connectivity index (χ0n) is 10.5. The quantitative estimate of drug-likeness (QED) is 0.624. The van der Waals surface area contributed by atoms with Gasteiger partial charge in [0.25, 0.3) is 0 Å². The minimum atomic E-state index is -2.51. The second-order valence-electron chi connectivity index (χ2n) is 2.51. The van der Waals surface area contributed by atoms with Crippen molar-refractivity contribution < 1.29 is 17.7 Å². The van der Waals surface area contributed by atoms with Crippen LogP contribution in [0.3, 0.4) is 0 Å². The van der Waals surface area contributed by atoms with E-state index in [2.05, 4.69) is 11.0 Å². The van der Waals surface area contributed by atoms with E-state index in [0.29, 0.717) is 19.8 Å².